The van der Waals surface area contributed by atoms with E-state index in [1.54, 1.807) is 0 Å². The molecule has 0 unspecified atom stereocenters. The molecule has 0 saturated heterocycles. The summed E-state index contributed by atoms with van der Waals surface area (Å²) in [5, 5.41) is 0.248. The number of hydrogen-bond donors (Lipinski definition) is 0. The fourth-order valence-corrected chi connectivity index (χ4v) is 3.14. The highest BCUT2D eigenvalue weighted by molar-refractivity contribution is 6.74. The lowest BCUT2D eigenvalue weighted by Crippen LogP contribution is -2.40. The molecular weight excluding hydrogens is 236 g/mol. The summed E-state index contributed by atoms with van der Waals surface area (Å²) in [6.45, 7) is 13.7. The van der Waals surface area contributed by atoms with E-state index in [1.807, 2.05) is 0 Å². The Hall–Kier alpha value is -1.02. The molecule has 0 aliphatic heterocycles. The van der Waals surface area contributed by atoms with Crippen molar-refractivity contribution < 1.29 is 4.43 Å². The molecule has 1 aliphatic rings. The Morgan fingerprint density at radius 3 is 2.33 bits per heavy atom. The van der Waals surface area contributed by atoms with E-state index in [2.05, 4.69) is 65.1 Å². The Bertz CT molecular complexity index is 492. The maximum absolute atomic E-state index is 6.52. The van der Waals surface area contributed by atoms with Gasteiger partial charge in [0.2, 0.25) is 0 Å². The summed E-state index contributed by atoms with van der Waals surface area (Å²) in [5.74, 6) is 1.15. The van der Waals surface area contributed by atoms with Crippen LogP contribution < -0.4 is 0 Å². The van der Waals surface area contributed by atoms with E-state index in [4.69, 9.17) is 4.43 Å². The lowest BCUT2D eigenvalue weighted by atomic mass is 10.1. The van der Waals surface area contributed by atoms with Gasteiger partial charge in [0.1, 0.15) is 5.76 Å². The van der Waals surface area contributed by atoms with E-state index in [0.717, 1.165) is 12.2 Å². The monoisotopic (exact) mass is 260 g/mol. The molecule has 18 heavy (non-hydrogen) atoms. The zero-order valence-corrected chi connectivity index (χ0v) is 13.4. The Balaban J connectivity index is 2.33. The van der Waals surface area contributed by atoms with Crippen LogP contribution in [0.25, 0.3) is 5.76 Å². The molecular formula is C16H24OSi. The van der Waals surface area contributed by atoms with Gasteiger partial charge in [-0.05, 0) is 42.6 Å². The minimum Gasteiger partial charge on any atom is -0.543 e. The van der Waals surface area contributed by atoms with Crippen LogP contribution in [-0.2, 0) is 10.8 Å². The zero-order valence-electron chi connectivity index (χ0n) is 12.4. The second-order valence-corrected chi connectivity index (χ2v) is 11.5. The average molecular weight is 260 g/mol. The average Bonchev–Trinajstić information content (AvgIpc) is 2.54. The Kier molecular flexibility index (Phi) is 3.18. The largest absolute Gasteiger partial charge is 0.543 e. The highest BCUT2D eigenvalue weighted by Gasteiger charge is 2.40. The third kappa shape index (κ3) is 2.26. The van der Waals surface area contributed by atoms with Crippen LogP contribution in [0.3, 0.4) is 0 Å². The van der Waals surface area contributed by atoms with Crippen molar-refractivity contribution in [2.45, 2.75) is 52.2 Å². The van der Waals surface area contributed by atoms with Crippen LogP contribution in [0.5, 0.6) is 0 Å². The summed E-state index contributed by atoms with van der Waals surface area (Å²) in [6.07, 6.45) is 1.04. The number of benzene rings is 1. The first-order valence-corrected chi connectivity index (χ1v) is 9.60. The van der Waals surface area contributed by atoms with Gasteiger partial charge in [-0.1, -0.05) is 45.0 Å². The number of fused-ring (bicyclic) bond motifs is 1. The number of allylic oxidation sites excluding steroid dienone is 1. The van der Waals surface area contributed by atoms with Crippen molar-refractivity contribution >= 4 is 14.1 Å². The predicted octanol–water partition coefficient (Wildman–Crippen LogP) is 5.00. The van der Waals surface area contributed by atoms with E-state index >= 15 is 0 Å². The summed E-state index contributed by atoms with van der Waals surface area (Å²) in [6, 6.07) is 8.61. The molecule has 0 bridgehead atoms. The summed E-state index contributed by atoms with van der Waals surface area (Å²) in [7, 11) is -1.74. The molecule has 1 aliphatic carbocycles. The summed E-state index contributed by atoms with van der Waals surface area (Å²) in [4.78, 5) is 0. The zero-order chi connectivity index (χ0) is 13.6. The highest BCUT2D eigenvalue weighted by Crippen LogP contribution is 2.42. The molecule has 2 rings (SSSR count). The van der Waals surface area contributed by atoms with Crippen molar-refractivity contribution in [3.05, 3.63) is 41.0 Å². The smallest absolute Gasteiger partial charge is 0.250 e. The van der Waals surface area contributed by atoms with Gasteiger partial charge in [-0.15, -0.1) is 0 Å². The Morgan fingerprint density at radius 1 is 1.11 bits per heavy atom. The van der Waals surface area contributed by atoms with E-state index < -0.39 is 8.32 Å². The van der Waals surface area contributed by atoms with Gasteiger partial charge in [-0.2, -0.15) is 0 Å². The van der Waals surface area contributed by atoms with Gasteiger partial charge in [0.15, 0.2) is 0 Å². The van der Waals surface area contributed by atoms with Crippen LogP contribution >= 0.6 is 0 Å². The lowest BCUT2D eigenvalue weighted by Gasteiger charge is -2.37. The molecule has 0 N–H and O–H groups in total. The molecule has 98 valence electrons. The maximum Gasteiger partial charge on any atom is 0.250 e. The van der Waals surface area contributed by atoms with Crippen molar-refractivity contribution in [1.82, 2.24) is 0 Å². The van der Waals surface area contributed by atoms with Gasteiger partial charge in [0, 0.05) is 5.56 Å². The number of rotatable bonds is 2. The molecule has 0 atom stereocenters. The van der Waals surface area contributed by atoms with Crippen LogP contribution in [0.15, 0.2) is 29.8 Å². The molecule has 0 radical (unpaired) electrons. The van der Waals surface area contributed by atoms with Crippen LogP contribution in [0.2, 0.25) is 18.1 Å². The molecule has 0 fully saturated rings. The van der Waals surface area contributed by atoms with Crippen molar-refractivity contribution in [1.29, 1.82) is 0 Å². The van der Waals surface area contributed by atoms with Gasteiger partial charge < -0.3 is 4.43 Å². The van der Waals surface area contributed by atoms with Gasteiger partial charge >= 0.3 is 0 Å². The molecule has 0 aromatic heterocycles. The van der Waals surface area contributed by atoms with E-state index in [1.165, 1.54) is 16.7 Å². The molecule has 2 heteroatoms. The maximum atomic E-state index is 6.52. The first-order valence-electron chi connectivity index (χ1n) is 6.69. The van der Waals surface area contributed by atoms with Crippen molar-refractivity contribution in [3.63, 3.8) is 0 Å². The first-order chi connectivity index (χ1) is 8.22. The van der Waals surface area contributed by atoms with Crippen LogP contribution in [-0.4, -0.2) is 8.32 Å². The summed E-state index contributed by atoms with van der Waals surface area (Å²) in [5.41, 5.74) is 4.09. The fraction of sp³-hybridized carbons (Fsp3) is 0.500. The topological polar surface area (TPSA) is 9.23 Å². The van der Waals surface area contributed by atoms with E-state index in [0.29, 0.717) is 0 Å². The molecule has 0 heterocycles. The SMILES string of the molecule is CC1=C(O[Si](C)(C)C(C)(C)C)c2ccccc2C1. The van der Waals surface area contributed by atoms with Crippen molar-refractivity contribution in [2.75, 3.05) is 0 Å². The Labute approximate surface area is 112 Å². The number of hydrogen-bond acceptors (Lipinski definition) is 1. The van der Waals surface area contributed by atoms with Crippen molar-refractivity contribution in [2.24, 2.45) is 0 Å². The predicted molar refractivity (Wildman–Crippen MR) is 81.0 cm³/mol. The molecule has 0 spiro atoms. The standard InChI is InChI=1S/C16H24OSi/c1-12-11-13-9-7-8-10-14(13)15(12)17-18(5,6)16(2,3)4/h7-10H,11H2,1-6H3. The van der Waals surface area contributed by atoms with Crippen molar-refractivity contribution in [3.8, 4) is 0 Å². The molecule has 1 aromatic carbocycles. The van der Waals surface area contributed by atoms with Crippen LogP contribution in [0, 0.1) is 0 Å². The Morgan fingerprint density at radius 2 is 1.72 bits per heavy atom. The highest BCUT2D eigenvalue weighted by atomic mass is 28.4. The molecule has 0 saturated carbocycles. The quantitative estimate of drug-likeness (QED) is 0.680. The summed E-state index contributed by atoms with van der Waals surface area (Å²) >= 11 is 0. The van der Waals surface area contributed by atoms with E-state index in [9.17, 15) is 0 Å². The fourth-order valence-electron chi connectivity index (χ4n) is 2.04. The van der Waals surface area contributed by atoms with Gasteiger partial charge in [-0.3, -0.25) is 0 Å². The minimum atomic E-state index is -1.74. The minimum absolute atomic E-state index is 0.248. The van der Waals surface area contributed by atoms with Gasteiger partial charge in [-0.25, -0.2) is 0 Å². The molecule has 0 amide bonds. The third-order valence-electron chi connectivity index (χ3n) is 4.27. The first kappa shape index (κ1) is 13.4. The normalized spacial score (nSPS) is 15.9. The third-order valence-corrected chi connectivity index (χ3v) is 8.60. The second-order valence-electron chi connectivity index (χ2n) is 6.81. The van der Waals surface area contributed by atoms with Crippen LogP contribution in [0.1, 0.15) is 38.8 Å². The lowest BCUT2D eigenvalue weighted by molar-refractivity contribution is 0.456. The van der Waals surface area contributed by atoms with E-state index in [-0.39, 0.29) is 5.04 Å². The van der Waals surface area contributed by atoms with Gasteiger partial charge in [0.05, 0.1) is 0 Å². The second kappa shape index (κ2) is 4.27. The van der Waals surface area contributed by atoms with Gasteiger partial charge in [0.25, 0.3) is 8.32 Å². The van der Waals surface area contributed by atoms with Crippen LogP contribution in [0.4, 0.5) is 0 Å². The molecule has 1 aromatic rings. The summed E-state index contributed by atoms with van der Waals surface area (Å²) < 4.78 is 6.52. The molecule has 1 nitrogen and oxygen atoms in total.